The van der Waals surface area contributed by atoms with Crippen LogP contribution in [0.1, 0.15) is 35.8 Å². The van der Waals surface area contributed by atoms with E-state index in [9.17, 15) is 9.50 Å². The van der Waals surface area contributed by atoms with E-state index in [0.717, 1.165) is 21.5 Å². The summed E-state index contributed by atoms with van der Waals surface area (Å²) in [5, 5.41) is 16.4. The number of aromatic hydroxyl groups is 1. The molecule has 0 spiro atoms. The molecule has 4 nitrogen and oxygen atoms in total. The lowest BCUT2D eigenvalue weighted by Crippen LogP contribution is -2.90. The molecule has 4 N–H and O–H groups in total. The first-order chi connectivity index (χ1) is 14.9. The average Bonchev–Trinajstić information content (AvgIpc) is 2.77. The monoisotopic (exact) mass is 503 g/mol. The molecule has 31 heavy (non-hydrogen) atoms. The second kappa shape index (κ2) is 9.30. The zero-order valence-corrected chi connectivity index (χ0v) is 19.1. The summed E-state index contributed by atoms with van der Waals surface area (Å²) in [4.78, 5) is 0. The maximum absolute atomic E-state index is 14.7. The highest BCUT2D eigenvalue weighted by atomic mass is 79.9. The molecule has 3 aromatic rings. The summed E-state index contributed by atoms with van der Waals surface area (Å²) in [6, 6.07) is 17.3. The maximum Gasteiger partial charge on any atom is 0.189 e. The van der Waals surface area contributed by atoms with Crippen molar-refractivity contribution in [2.45, 2.75) is 19.1 Å². The summed E-state index contributed by atoms with van der Waals surface area (Å²) < 4.78 is 21.0. The first-order valence-electron chi connectivity index (χ1n) is 9.94. The Labute approximate surface area is 193 Å². The molecule has 0 amide bonds. The van der Waals surface area contributed by atoms with E-state index in [1.807, 2.05) is 42.6 Å². The first-order valence-corrected chi connectivity index (χ1v) is 11.1. The summed E-state index contributed by atoms with van der Waals surface area (Å²) in [5.74, 6) is 0.620. The van der Waals surface area contributed by atoms with Gasteiger partial charge in [-0.15, -0.1) is 0 Å². The number of phenolic OH excluding ortho intramolecular Hbond substituents is 1. The molecular formula is C24H22BrClFN2O2+. The zero-order chi connectivity index (χ0) is 22.0. The van der Waals surface area contributed by atoms with E-state index in [1.165, 1.54) is 6.07 Å². The van der Waals surface area contributed by atoms with Gasteiger partial charge >= 0.3 is 0 Å². The Hall–Kier alpha value is -2.54. The molecule has 7 heteroatoms. The minimum Gasteiger partial charge on any atom is -0.507 e. The van der Waals surface area contributed by atoms with E-state index in [2.05, 4.69) is 21.2 Å². The molecule has 0 fully saturated rings. The molecule has 1 heterocycles. The number of hydrogen-bond donors (Lipinski definition) is 3. The number of halogens is 3. The van der Waals surface area contributed by atoms with Gasteiger partial charge in [0, 0.05) is 21.3 Å². The van der Waals surface area contributed by atoms with Gasteiger partial charge in [0.05, 0.1) is 17.7 Å². The number of ether oxygens (including phenoxy) is 1. The second-order valence-corrected chi connectivity index (χ2v) is 8.60. The van der Waals surface area contributed by atoms with Crippen molar-refractivity contribution < 1.29 is 19.6 Å². The van der Waals surface area contributed by atoms with Gasteiger partial charge in [-0.2, -0.15) is 0 Å². The van der Waals surface area contributed by atoms with Crippen molar-refractivity contribution in [3.05, 3.63) is 98.7 Å². The van der Waals surface area contributed by atoms with E-state index < -0.39 is 6.17 Å². The van der Waals surface area contributed by atoms with E-state index in [1.54, 1.807) is 30.3 Å². The van der Waals surface area contributed by atoms with Crippen LogP contribution in [-0.4, -0.2) is 11.7 Å². The standard InChI is InChI=1S/C24H21BrClFN2O2/c1-2-31-17-7-3-14(4-8-17)21-13-22(19-12-16(26)6-10-23(19)30)29-24(28-21)18-11-15(25)5-9-20(18)27/h3-13,22,24,28-30H,2H2,1H3/p+1. The molecule has 2 unspecified atom stereocenters. The van der Waals surface area contributed by atoms with E-state index in [4.69, 9.17) is 16.3 Å². The Bertz CT molecular complexity index is 1120. The molecule has 0 aliphatic carbocycles. The van der Waals surface area contributed by atoms with E-state index in [-0.39, 0.29) is 17.6 Å². The van der Waals surface area contributed by atoms with Gasteiger partial charge in [-0.1, -0.05) is 27.5 Å². The molecule has 0 saturated carbocycles. The summed E-state index contributed by atoms with van der Waals surface area (Å²) in [5.41, 5.74) is 2.94. The van der Waals surface area contributed by atoms with Crippen LogP contribution in [0.2, 0.25) is 5.02 Å². The minimum absolute atomic E-state index is 0.142. The number of nitrogens with two attached hydrogens (primary N) is 1. The van der Waals surface area contributed by atoms with Gasteiger partial charge in [0.1, 0.15) is 23.4 Å². The lowest BCUT2D eigenvalue weighted by Gasteiger charge is -2.30. The highest BCUT2D eigenvalue weighted by Gasteiger charge is 2.31. The normalized spacial score (nSPS) is 18.3. The van der Waals surface area contributed by atoms with Crippen LogP contribution in [0.3, 0.4) is 0 Å². The van der Waals surface area contributed by atoms with Crippen molar-refractivity contribution >= 4 is 33.2 Å². The third-order valence-electron chi connectivity index (χ3n) is 5.18. The SMILES string of the molecule is CCOc1ccc(C2=CC(c3cc(Cl)ccc3O)[NH2+]C(c3cc(Br)ccc3F)N2)cc1. The fraction of sp³-hybridized carbons (Fsp3) is 0.167. The smallest absolute Gasteiger partial charge is 0.189 e. The number of quaternary nitrogens is 1. The van der Waals surface area contributed by atoms with Crippen molar-refractivity contribution in [2.75, 3.05) is 6.61 Å². The Morgan fingerprint density at radius 1 is 1.10 bits per heavy atom. The maximum atomic E-state index is 14.7. The summed E-state index contributed by atoms with van der Waals surface area (Å²) in [7, 11) is 0. The zero-order valence-electron chi connectivity index (χ0n) is 16.8. The number of hydrogen-bond acceptors (Lipinski definition) is 3. The molecule has 2 atom stereocenters. The van der Waals surface area contributed by atoms with Crippen LogP contribution < -0.4 is 15.4 Å². The molecule has 160 valence electrons. The third kappa shape index (κ3) is 4.87. The van der Waals surface area contributed by atoms with Crippen LogP contribution in [-0.2, 0) is 0 Å². The molecule has 3 aromatic carbocycles. The predicted octanol–water partition coefficient (Wildman–Crippen LogP) is 5.29. The highest BCUT2D eigenvalue weighted by Crippen LogP contribution is 2.32. The van der Waals surface area contributed by atoms with Crippen molar-refractivity contribution in [3.8, 4) is 11.5 Å². The minimum atomic E-state index is -0.410. The number of nitrogens with one attached hydrogen (secondary N) is 1. The van der Waals surface area contributed by atoms with Gasteiger partial charge in [0.15, 0.2) is 6.17 Å². The fourth-order valence-corrected chi connectivity index (χ4v) is 4.26. The molecule has 0 saturated heterocycles. The van der Waals surface area contributed by atoms with E-state index in [0.29, 0.717) is 22.8 Å². The Morgan fingerprint density at radius 2 is 1.87 bits per heavy atom. The van der Waals surface area contributed by atoms with Crippen LogP contribution in [0.4, 0.5) is 4.39 Å². The molecular weight excluding hydrogens is 483 g/mol. The van der Waals surface area contributed by atoms with E-state index >= 15 is 0 Å². The van der Waals surface area contributed by atoms with Crippen LogP contribution in [0, 0.1) is 5.82 Å². The molecule has 0 aromatic heterocycles. The number of phenols is 1. The van der Waals surface area contributed by atoms with Gasteiger partial charge in [0.2, 0.25) is 0 Å². The van der Waals surface area contributed by atoms with Gasteiger partial charge in [-0.3, -0.25) is 0 Å². The Balaban J connectivity index is 1.77. The van der Waals surface area contributed by atoms with Crippen LogP contribution in [0.15, 0.2) is 71.2 Å². The van der Waals surface area contributed by atoms with Crippen molar-refractivity contribution in [3.63, 3.8) is 0 Å². The second-order valence-electron chi connectivity index (χ2n) is 7.25. The van der Waals surface area contributed by atoms with Crippen LogP contribution in [0.25, 0.3) is 5.70 Å². The number of benzene rings is 3. The van der Waals surface area contributed by atoms with Gasteiger partial charge < -0.3 is 20.5 Å². The van der Waals surface area contributed by atoms with Gasteiger partial charge in [-0.25, -0.2) is 4.39 Å². The van der Waals surface area contributed by atoms with Crippen LogP contribution >= 0.6 is 27.5 Å². The molecule has 1 aliphatic rings. The average molecular weight is 505 g/mol. The van der Waals surface area contributed by atoms with Crippen molar-refractivity contribution in [1.82, 2.24) is 5.32 Å². The highest BCUT2D eigenvalue weighted by molar-refractivity contribution is 9.10. The Morgan fingerprint density at radius 3 is 2.61 bits per heavy atom. The number of rotatable bonds is 5. The molecule has 1 aliphatic heterocycles. The third-order valence-corrected chi connectivity index (χ3v) is 5.90. The fourth-order valence-electron chi connectivity index (χ4n) is 3.70. The lowest BCUT2D eigenvalue weighted by molar-refractivity contribution is -0.731. The Kier molecular flexibility index (Phi) is 6.51. The van der Waals surface area contributed by atoms with Gasteiger partial charge in [-0.05, 0) is 73.2 Å². The first kappa shape index (κ1) is 21.7. The van der Waals surface area contributed by atoms with Gasteiger partial charge in [0.25, 0.3) is 0 Å². The largest absolute Gasteiger partial charge is 0.507 e. The summed E-state index contributed by atoms with van der Waals surface area (Å²) in [6.07, 6.45) is 1.60. The van der Waals surface area contributed by atoms with Crippen molar-refractivity contribution in [2.24, 2.45) is 0 Å². The lowest BCUT2D eigenvalue weighted by atomic mass is 9.97. The van der Waals surface area contributed by atoms with Crippen LogP contribution in [0.5, 0.6) is 11.5 Å². The quantitative estimate of drug-likeness (QED) is 0.442. The summed E-state index contributed by atoms with van der Waals surface area (Å²) >= 11 is 9.63. The summed E-state index contributed by atoms with van der Waals surface area (Å²) in [6.45, 7) is 2.53. The molecule has 0 bridgehead atoms. The molecule has 0 radical (unpaired) electrons. The van der Waals surface area contributed by atoms with Crippen molar-refractivity contribution in [1.29, 1.82) is 0 Å². The topological polar surface area (TPSA) is 58.1 Å². The predicted molar refractivity (Wildman–Crippen MR) is 123 cm³/mol. The molecule has 4 rings (SSSR count).